The van der Waals surface area contributed by atoms with Crippen molar-refractivity contribution in [3.63, 3.8) is 0 Å². The largest absolute Gasteiger partial charge is 0.491 e. The van der Waals surface area contributed by atoms with Gasteiger partial charge in [-0.2, -0.15) is 5.26 Å². The lowest BCUT2D eigenvalue weighted by Gasteiger charge is -2.12. The molecule has 1 atom stereocenters. The molecule has 1 N–H and O–H groups in total. The van der Waals surface area contributed by atoms with E-state index in [2.05, 4.69) is 16.3 Å². The van der Waals surface area contributed by atoms with Gasteiger partial charge in [0.15, 0.2) is 11.0 Å². The molecule has 0 unspecified atom stereocenters. The summed E-state index contributed by atoms with van der Waals surface area (Å²) < 4.78 is 20.5. The first-order valence-corrected chi connectivity index (χ1v) is 9.60. The summed E-state index contributed by atoms with van der Waals surface area (Å²) in [6.45, 7) is 0.146. The van der Waals surface area contributed by atoms with Crippen molar-refractivity contribution in [3.05, 3.63) is 59.9 Å². The molecule has 6 nitrogen and oxygen atoms in total. The number of ether oxygens (including phenoxy) is 1. The van der Waals surface area contributed by atoms with Crippen LogP contribution in [0.4, 0.5) is 4.39 Å². The van der Waals surface area contributed by atoms with E-state index in [4.69, 9.17) is 10.00 Å². The Kier molecular flexibility index (Phi) is 6.63. The number of aromatic nitrogens is 3. The molecule has 0 saturated heterocycles. The van der Waals surface area contributed by atoms with Gasteiger partial charge in [0.05, 0.1) is 18.6 Å². The zero-order valence-corrected chi connectivity index (χ0v) is 16.1. The molecule has 0 spiro atoms. The standard InChI is InChI=1S/C20H19FN4O2S/c1-25-19(15-4-6-16(21)7-5-15)23-24-20(25)28-13-17(26)12-27-18-8-2-14(3-9-18)10-11-22/h2-9,17,26H,10,12-13H2,1H3/t17-/m0/s1. The van der Waals surface area contributed by atoms with Crippen molar-refractivity contribution in [1.82, 2.24) is 14.8 Å². The van der Waals surface area contributed by atoms with Crippen molar-refractivity contribution in [2.45, 2.75) is 17.7 Å². The Morgan fingerprint density at radius 1 is 1.18 bits per heavy atom. The first kappa shape index (κ1) is 19.9. The highest BCUT2D eigenvalue weighted by Crippen LogP contribution is 2.23. The number of aliphatic hydroxyl groups excluding tert-OH is 1. The molecule has 1 aromatic heterocycles. The van der Waals surface area contributed by atoms with Gasteiger partial charge in [0.2, 0.25) is 0 Å². The van der Waals surface area contributed by atoms with Crippen LogP contribution in [0.3, 0.4) is 0 Å². The van der Waals surface area contributed by atoms with Crippen LogP contribution in [0.15, 0.2) is 53.7 Å². The van der Waals surface area contributed by atoms with Crippen LogP contribution >= 0.6 is 11.8 Å². The Hall–Kier alpha value is -2.89. The van der Waals surface area contributed by atoms with Crippen LogP contribution in [0.2, 0.25) is 0 Å². The van der Waals surface area contributed by atoms with Crippen LogP contribution in [-0.2, 0) is 13.5 Å². The highest BCUT2D eigenvalue weighted by atomic mass is 32.2. The van der Waals surface area contributed by atoms with Crippen molar-refractivity contribution >= 4 is 11.8 Å². The summed E-state index contributed by atoms with van der Waals surface area (Å²) >= 11 is 1.37. The number of hydrogen-bond donors (Lipinski definition) is 1. The van der Waals surface area contributed by atoms with Crippen molar-refractivity contribution < 1.29 is 14.2 Å². The van der Waals surface area contributed by atoms with E-state index in [1.165, 1.54) is 23.9 Å². The van der Waals surface area contributed by atoms with Gasteiger partial charge in [-0.25, -0.2) is 4.39 Å². The van der Waals surface area contributed by atoms with Gasteiger partial charge in [0.1, 0.15) is 18.2 Å². The number of aliphatic hydroxyl groups is 1. The first-order chi connectivity index (χ1) is 13.6. The lowest BCUT2D eigenvalue weighted by Crippen LogP contribution is -2.20. The topological polar surface area (TPSA) is 84.0 Å². The Balaban J connectivity index is 1.51. The Morgan fingerprint density at radius 2 is 1.89 bits per heavy atom. The highest BCUT2D eigenvalue weighted by molar-refractivity contribution is 7.99. The molecule has 0 radical (unpaired) electrons. The van der Waals surface area contributed by atoms with E-state index in [1.54, 1.807) is 28.8 Å². The van der Waals surface area contributed by atoms with Gasteiger partial charge in [-0.1, -0.05) is 23.9 Å². The summed E-state index contributed by atoms with van der Waals surface area (Å²) in [6, 6.07) is 15.4. The summed E-state index contributed by atoms with van der Waals surface area (Å²) in [5.74, 6) is 1.36. The fraction of sp³-hybridized carbons (Fsp3) is 0.250. The number of nitrogens with zero attached hydrogens (tertiary/aromatic N) is 4. The fourth-order valence-electron chi connectivity index (χ4n) is 2.50. The van der Waals surface area contributed by atoms with E-state index in [1.807, 2.05) is 19.2 Å². The highest BCUT2D eigenvalue weighted by Gasteiger charge is 2.14. The third-order valence-electron chi connectivity index (χ3n) is 3.99. The predicted molar refractivity (Wildman–Crippen MR) is 104 cm³/mol. The van der Waals surface area contributed by atoms with Crippen molar-refractivity contribution in [3.8, 4) is 23.2 Å². The van der Waals surface area contributed by atoms with Crippen molar-refractivity contribution in [2.24, 2.45) is 7.05 Å². The van der Waals surface area contributed by atoms with E-state index in [0.717, 1.165) is 11.1 Å². The van der Waals surface area contributed by atoms with Crippen LogP contribution < -0.4 is 4.74 Å². The third-order valence-corrected chi connectivity index (χ3v) is 5.16. The van der Waals surface area contributed by atoms with Crippen molar-refractivity contribution in [1.29, 1.82) is 5.26 Å². The maximum atomic E-state index is 13.1. The SMILES string of the molecule is Cn1c(SC[C@@H](O)COc2ccc(CC#N)cc2)nnc1-c1ccc(F)cc1. The first-order valence-electron chi connectivity index (χ1n) is 8.61. The summed E-state index contributed by atoms with van der Waals surface area (Å²) in [6.07, 6.45) is -0.327. The summed E-state index contributed by atoms with van der Waals surface area (Å²) in [5.41, 5.74) is 1.69. The molecule has 2 aromatic carbocycles. The molecule has 144 valence electrons. The molecule has 0 aliphatic carbocycles. The van der Waals surface area contributed by atoms with E-state index < -0.39 is 6.10 Å². The number of rotatable bonds is 8. The Labute approximate surface area is 166 Å². The lowest BCUT2D eigenvalue weighted by molar-refractivity contribution is 0.126. The van der Waals surface area contributed by atoms with Crippen LogP contribution in [-0.4, -0.2) is 38.3 Å². The molecule has 0 aliphatic heterocycles. The number of benzene rings is 2. The molecule has 28 heavy (non-hydrogen) atoms. The normalized spacial score (nSPS) is 11.8. The van der Waals surface area contributed by atoms with Crippen LogP contribution in [0, 0.1) is 17.1 Å². The van der Waals surface area contributed by atoms with E-state index in [-0.39, 0.29) is 12.4 Å². The minimum atomic E-state index is -0.685. The number of thioether (sulfide) groups is 1. The van der Waals surface area contributed by atoms with Gasteiger partial charge in [0, 0.05) is 18.4 Å². The van der Waals surface area contributed by atoms with Crippen LogP contribution in [0.1, 0.15) is 5.56 Å². The van der Waals surface area contributed by atoms with Gasteiger partial charge in [-0.3, -0.25) is 0 Å². The maximum absolute atomic E-state index is 13.1. The van der Waals surface area contributed by atoms with Gasteiger partial charge < -0.3 is 14.4 Å². The molecule has 1 heterocycles. The van der Waals surface area contributed by atoms with Gasteiger partial charge >= 0.3 is 0 Å². The Morgan fingerprint density at radius 3 is 2.57 bits per heavy atom. The molecule has 8 heteroatoms. The quantitative estimate of drug-likeness (QED) is 0.587. The second kappa shape index (κ2) is 9.35. The smallest absolute Gasteiger partial charge is 0.191 e. The second-order valence-electron chi connectivity index (χ2n) is 6.13. The van der Waals surface area contributed by atoms with Crippen molar-refractivity contribution in [2.75, 3.05) is 12.4 Å². The van der Waals surface area contributed by atoms with Gasteiger partial charge in [-0.05, 0) is 42.0 Å². The van der Waals surface area contributed by atoms with E-state index in [0.29, 0.717) is 28.9 Å². The van der Waals surface area contributed by atoms with Gasteiger partial charge in [0.25, 0.3) is 0 Å². The minimum Gasteiger partial charge on any atom is -0.491 e. The lowest BCUT2D eigenvalue weighted by atomic mass is 10.2. The average Bonchev–Trinajstić information content (AvgIpc) is 3.07. The predicted octanol–water partition coefficient (Wildman–Crippen LogP) is 3.22. The molecular weight excluding hydrogens is 379 g/mol. The molecule has 0 aliphatic rings. The monoisotopic (exact) mass is 398 g/mol. The van der Waals surface area contributed by atoms with Crippen LogP contribution in [0.25, 0.3) is 11.4 Å². The summed E-state index contributed by atoms with van der Waals surface area (Å²) in [7, 11) is 1.83. The molecule has 3 rings (SSSR count). The van der Waals surface area contributed by atoms with Gasteiger partial charge in [-0.15, -0.1) is 10.2 Å². The molecule has 0 amide bonds. The fourth-order valence-corrected chi connectivity index (χ4v) is 3.31. The average molecular weight is 398 g/mol. The number of nitriles is 1. The molecule has 0 saturated carbocycles. The number of halogens is 1. The molecule has 3 aromatic rings. The zero-order valence-electron chi connectivity index (χ0n) is 15.2. The molecule has 0 bridgehead atoms. The zero-order chi connectivity index (χ0) is 19.9. The molecular formula is C20H19FN4O2S. The minimum absolute atomic E-state index is 0.146. The maximum Gasteiger partial charge on any atom is 0.191 e. The summed E-state index contributed by atoms with van der Waals surface area (Å²) in [5, 5.41) is 27.8. The molecule has 0 fully saturated rings. The van der Waals surface area contributed by atoms with E-state index in [9.17, 15) is 9.50 Å². The number of hydrogen-bond acceptors (Lipinski definition) is 6. The second-order valence-corrected chi connectivity index (χ2v) is 7.11. The van der Waals surface area contributed by atoms with E-state index >= 15 is 0 Å². The summed E-state index contributed by atoms with van der Waals surface area (Å²) in [4.78, 5) is 0. The third kappa shape index (κ3) is 5.09. The van der Waals surface area contributed by atoms with Crippen LogP contribution in [0.5, 0.6) is 5.75 Å². The Bertz CT molecular complexity index is 952.